The first-order valence-corrected chi connectivity index (χ1v) is 10.0. The number of alkyl halides is 3. The van der Waals surface area contributed by atoms with Crippen molar-refractivity contribution in [2.45, 2.75) is 18.0 Å². The number of ether oxygens (including phenoxy) is 1. The predicted molar refractivity (Wildman–Crippen MR) is 103 cm³/mol. The van der Waals surface area contributed by atoms with Crippen molar-refractivity contribution in [1.82, 2.24) is 4.72 Å². The summed E-state index contributed by atoms with van der Waals surface area (Å²) < 4.78 is 72.8. The van der Waals surface area contributed by atoms with Crippen LogP contribution in [0.4, 0.5) is 18.9 Å². The van der Waals surface area contributed by atoms with Gasteiger partial charge in [-0.2, -0.15) is 13.2 Å². The monoisotopic (exact) mass is 442 g/mol. The Labute approximate surface area is 169 Å². The number of fused-ring (bicyclic) bond motifs is 1. The van der Waals surface area contributed by atoms with Gasteiger partial charge in [-0.05, 0) is 49.4 Å². The highest BCUT2D eigenvalue weighted by atomic mass is 32.2. The third-order valence-corrected chi connectivity index (χ3v) is 5.60. The van der Waals surface area contributed by atoms with E-state index in [1.54, 1.807) is 25.1 Å². The molecule has 0 aliphatic heterocycles. The molecule has 0 atom stereocenters. The number of benzene rings is 2. The van der Waals surface area contributed by atoms with Crippen LogP contribution in [0.3, 0.4) is 0 Å². The first kappa shape index (κ1) is 21.7. The van der Waals surface area contributed by atoms with Crippen molar-refractivity contribution in [2.24, 2.45) is 0 Å². The van der Waals surface area contributed by atoms with Crippen LogP contribution >= 0.6 is 0 Å². The number of hydrogen-bond donors (Lipinski definition) is 2. The van der Waals surface area contributed by atoms with Gasteiger partial charge in [-0.1, -0.05) is 0 Å². The summed E-state index contributed by atoms with van der Waals surface area (Å²) in [7, 11) is -2.84. The van der Waals surface area contributed by atoms with Gasteiger partial charge in [-0.15, -0.1) is 0 Å². The summed E-state index contributed by atoms with van der Waals surface area (Å²) in [5, 5.41) is 3.16. The van der Waals surface area contributed by atoms with Gasteiger partial charge in [0.25, 0.3) is 5.91 Å². The minimum Gasteiger partial charge on any atom is -0.497 e. The van der Waals surface area contributed by atoms with Gasteiger partial charge in [-0.25, -0.2) is 13.1 Å². The van der Waals surface area contributed by atoms with Crippen LogP contribution in [0, 0.1) is 6.92 Å². The Hall–Kier alpha value is -3.05. The lowest BCUT2D eigenvalue weighted by atomic mass is 10.1. The Balaban J connectivity index is 1.80. The van der Waals surface area contributed by atoms with Crippen LogP contribution in [0.5, 0.6) is 5.75 Å². The Morgan fingerprint density at radius 3 is 2.40 bits per heavy atom. The van der Waals surface area contributed by atoms with Gasteiger partial charge < -0.3 is 14.5 Å². The second-order valence-corrected chi connectivity index (χ2v) is 8.08. The highest BCUT2D eigenvalue weighted by molar-refractivity contribution is 7.89. The molecule has 1 heterocycles. The van der Waals surface area contributed by atoms with Gasteiger partial charge in [0.15, 0.2) is 0 Å². The van der Waals surface area contributed by atoms with Crippen molar-refractivity contribution in [3.05, 3.63) is 53.8 Å². The van der Waals surface area contributed by atoms with Gasteiger partial charge in [0.2, 0.25) is 10.0 Å². The zero-order chi connectivity index (χ0) is 22.1. The second kappa shape index (κ2) is 8.00. The molecule has 0 aliphatic rings. The summed E-state index contributed by atoms with van der Waals surface area (Å²) in [4.78, 5) is 12.4. The number of nitrogens with one attached hydrogen (secondary N) is 2. The van der Waals surface area contributed by atoms with Crippen LogP contribution < -0.4 is 14.8 Å². The number of anilines is 1. The highest BCUT2D eigenvalue weighted by Gasteiger charge is 2.30. The standard InChI is InChI=1S/C19H17F3N2O5S/c1-11-17(15-9-13(28-2)5-8-16(15)29-11)18(25)24-12-3-6-14(7-4-12)30(26,27)23-10-19(20,21)22/h3-9,23H,10H2,1-2H3,(H,24,25). The van der Waals surface area contributed by atoms with Gasteiger partial charge >= 0.3 is 6.18 Å². The summed E-state index contributed by atoms with van der Waals surface area (Å²) in [6.45, 7) is -0.0481. The number of carbonyl (C=O) groups excluding carboxylic acids is 1. The molecule has 2 N–H and O–H groups in total. The smallest absolute Gasteiger partial charge is 0.402 e. The fraction of sp³-hybridized carbons (Fsp3) is 0.211. The lowest BCUT2D eigenvalue weighted by molar-refractivity contribution is -0.121. The van der Waals surface area contributed by atoms with Crippen molar-refractivity contribution in [1.29, 1.82) is 0 Å². The number of aryl methyl sites for hydroxylation is 1. The third-order valence-electron chi connectivity index (χ3n) is 4.18. The van der Waals surface area contributed by atoms with E-state index in [-0.39, 0.29) is 16.1 Å². The molecular formula is C19H17F3N2O5S. The molecule has 0 saturated heterocycles. The molecule has 7 nitrogen and oxygen atoms in total. The summed E-state index contributed by atoms with van der Waals surface area (Å²) in [6, 6.07) is 9.76. The minimum absolute atomic E-state index is 0.256. The number of furan rings is 1. The van der Waals surface area contributed by atoms with E-state index in [1.807, 2.05) is 0 Å². The molecule has 0 saturated carbocycles. The van der Waals surface area contributed by atoms with E-state index in [0.717, 1.165) is 12.1 Å². The number of carbonyl (C=O) groups is 1. The molecule has 30 heavy (non-hydrogen) atoms. The minimum atomic E-state index is -4.67. The third kappa shape index (κ3) is 4.74. The molecule has 3 aromatic rings. The van der Waals surface area contributed by atoms with Gasteiger partial charge in [0, 0.05) is 11.1 Å². The Bertz CT molecular complexity index is 1190. The van der Waals surface area contributed by atoms with Crippen molar-refractivity contribution in [2.75, 3.05) is 19.0 Å². The van der Waals surface area contributed by atoms with E-state index in [1.165, 1.54) is 24.0 Å². The lowest BCUT2D eigenvalue weighted by Crippen LogP contribution is -2.33. The van der Waals surface area contributed by atoms with E-state index in [9.17, 15) is 26.4 Å². The topological polar surface area (TPSA) is 97.6 Å². The molecule has 1 amide bonds. The first-order chi connectivity index (χ1) is 14.0. The number of halogens is 3. The van der Waals surface area contributed by atoms with Crippen LogP contribution in [0.25, 0.3) is 11.0 Å². The summed E-state index contributed by atoms with van der Waals surface area (Å²) in [6.07, 6.45) is -4.67. The molecule has 0 radical (unpaired) electrons. The Morgan fingerprint density at radius 2 is 1.80 bits per heavy atom. The fourth-order valence-corrected chi connectivity index (χ4v) is 3.79. The number of hydrogen-bond acceptors (Lipinski definition) is 5. The van der Waals surface area contributed by atoms with Crippen molar-refractivity contribution < 1.29 is 35.5 Å². The van der Waals surface area contributed by atoms with Gasteiger partial charge in [-0.3, -0.25) is 4.79 Å². The second-order valence-electron chi connectivity index (χ2n) is 6.31. The van der Waals surface area contributed by atoms with Crippen molar-refractivity contribution in [3.63, 3.8) is 0 Å². The van der Waals surface area contributed by atoms with Crippen LogP contribution in [0.2, 0.25) is 0 Å². The molecule has 0 aliphatic carbocycles. The van der Waals surface area contributed by atoms with Gasteiger partial charge in [0.05, 0.1) is 17.6 Å². The number of methoxy groups -OCH3 is 1. The number of sulfonamides is 1. The van der Waals surface area contributed by atoms with E-state index >= 15 is 0 Å². The molecule has 3 rings (SSSR count). The summed E-state index contributed by atoms with van der Waals surface area (Å²) in [5.74, 6) is 0.426. The molecule has 0 fully saturated rings. The molecule has 1 aromatic heterocycles. The van der Waals surface area contributed by atoms with E-state index in [4.69, 9.17) is 9.15 Å². The van der Waals surface area contributed by atoms with Crippen LogP contribution in [0.15, 0.2) is 51.8 Å². The average Bonchev–Trinajstić information content (AvgIpc) is 3.01. The molecule has 160 valence electrons. The number of rotatable bonds is 6. The quantitative estimate of drug-likeness (QED) is 0.605. The maximum Gasteiger partial charge on any atom is 0.402 e. The summed E-state index contributed by atoms with van der Waals surface area (Å²) in [5.41, 5.74) is 1.04. The van der Waals surface area contributed by atoms with Crippen molar-refractivity contribution >= 4 is 32.6 Å². The Morgan fingerprint density at radius 1 is 1.13 bits per heavy atom. The van der Waals surface area contributed by atoms with Crippen LogP contribution in [-0.4, -0.2) is 34.2 Å². The van der Waals surface area contributed by atoms with Gasteiger partial charge in [0.1, 0.15) is 23.6 Å². The van der Waals surface area contributed by atoms with Crippen LogP contribution in [0.1, 0.15) is 16.1 Å². The average molecular weight is 442 g/mol. The normalized spacial score (nSPS) is 12.2. The van der Waals surface area contributed by atoms with Crippen molar-refractivity contribution in [3.8, 4) is 5.75 Å². The largest absolute Gasteiger partial charge is 0.497 e. The SMILES string of the molecule is COc1ccc2oc(C)c(C(=O)Nc3ccc(S(=O)(=O)NCC(F)(F)F)cc3)c2c1. The molecule has 2 aromatic carbocycles. The van der Waals surface area contributed by atoms with E-state index < -0.39 is 28.7 Å². The maximum atomic E-state index is 12.7. The zero-order valence-corrected chi connectivity index (χ0v) is 16.6. The lowest BCUT2D eigenvalue weighted by Gasteiger charge is -2.10. The maximum absolute atomic E-state index is 12.7. The molecule has 0 spiro atoms. The Kier molecular flexibility index (Phi) is 5.77. The van der Waals surface area contributed by atoms with E-state index in [0.29, 0.717) is 22.5 Å². The molecule has 0 bridgehead atoms. The molecular weight excluding hydrogens is 425 g/mol. The first-order valence-electron chi connectivity index (χ1n) is 8.55. The highest BCUT2D eigenvalue weighted by Crippen LogP contribution is 2.29. The summed E-state index contributed by atoms with van der Waals surface area (Å²) >= 11 is 0. The zero-order valence-electron chi connectivity index (χ0n) is 15.8. The number of amides is 1. The van der Waals surface area contributed by atoms with Crippen LogP contribution in [-0.2, 0) is 10.0 Å². The fourth-order valence-electron chi connectivity index (χ4n) is 2.78. The van der Waals surface area contributed by atoms with E-state index in [2.05, 4.69) is 5.32 Å². The predicted octanol–water partition coefficient (Wildman–Crippen LogP) is 3.84. The molecule has 11 heteroatoms. The molecule has 0 unspecified atom stereocenters.